The van der Waals surface area contributed by atoms with Gasteiger partial charge >= 0.3 is 0 Å². The second-order valence-corrected chi connectivity index (χ2v) is 14.3. The molecule has 2 nitrogen and oxygen atoms in total. The Bertz CT molecular complexity index is 558. The van der Waals surface area contributed by atoms with Crippen LogP contribution < -0.4 is 0 Å². The molecule has 1 aliphatic rings. The van der Waals surface area contributed by atoms with Crippen molar-refractivity contribution >= 4 is 0 Å². The molecule has 0 N–H and O–H groups in total. The molecule has 1 heterocycles. The molecule has 1 rings (SSSR count). The van der Waals surface area contributed by atoms with Gasteiger partial charge in [0.25, 0.3) is 0 Å². The first-order valence-electron chi connectivity index (χ1n) is 20.5. The van der Waals surface area contributed by atoms with Crippen LogP contribution in [0.4, 0.5) is 0 Å². The Morgan fingerprint density at radius 3 is 0.814 bits per heavy atom. The topological polar surface area (TPSA) is 6.48 Å². The maximum absolute atomic E-state index is 2.72. The number of hydrogen-bond acceptors (Lipinski definition) is 2. The molecule has 0 saturated carbocycles. The van der Waals surface area contributed by atoms with Gasteiger partial charge in [0.2, 0.25) is 0 Å². The molecule has 0 aliphatic carbocycles. The summed E-state index contributed by atoms with van der Waals surface area (Å²) in [4.78, 5) is 5.44. The number of rotatable bonds is 35. The normalized spacial score (nSPS) is 14.9. The summed E-state index contributed by atoms with van der Waals surface area (Å²) in [7, 11) is 0. The van der Waals surface area contributed by atoms with E-state index in [0.717, 1.165) is 0 Å². The molecule has 1 atom stereocenters. The fraction of sp³-hybridized carbons (Fsp3) is 0.951. The summed E-state index contributed by atoms with van der Waals surface area (Å²) in [6.07, 6.45) is 52.9. The van der Waals surface area contributed by atoms with E-state index >= 15 is 0 Å². The van der Waals surface area contributed by atoms with Gasteiger partial charge in [0.1, 0.15) is 6.17 Å². The highest BCUT2D eigenvalue weighted by molar-refractivity contribution is 4.97. The molecule has 0 amide bonds. The van der Waals surface area contributed by atoms with Crippen molar-refractivity contribution in [1.82, 2.24) is 9.80 Å². The highest BCUT2D eigenvalue weighted by atomic mass is 15.4. The lowest BCUT2D eigenvalue weighted by Gasteiger charge is -2.33. The molecule has 0 radical (unpaired) electrons. The van der Waals surface area contributed by atoms with E-state index in [4.69, 9.17) is 0 Å². The maximum atomic E-state index is 2.72. The van der Waals surface area contributed by atoms with Crippen molar-refractivity contribution in [3.8, 4) is 0 Å². The Balaban J connectivity index is 2.23. The van der Waals surface area contributed by atoms with Gasteiger partial charge in [-0.25, -0.2) is 0 Å². The van der Waals surface area contributed by atoms with Gasteiger partial charge in [0.05, 0.1) is 0 Å². The van der Waals surface area contributed by atoms with E-state index < -0.39 is 0 Å². The van der Waals surface area contributed by atoms with Gasteiger partial charge < -0.3 is 9.80 Å². The molecule has 0 bridgehead atoms. The average molecular weight is 603 g/mol. The van der Waals surface area contributed by atoms with Crippen LogP contribution in [0.15, 0.2) is 12.4 Å². The van der Waals surface area contributed by atoms with E-state index in [1.165, 1.54) is 225 Å². The fourth-order valence-electron chi connectivity index (χ4n) is 7.07. The minimum absolute atomic E-state index is 0.639. The van der Waals surface area contributed by atoms with Gasteiger partial charge in [-0.3, -0.25) is 0 Å². The Labute approximate surface area is 273 Å². The standard InChI is InChI=1S/C41H82N2/c1-4-7-10-13-16-19-22-23-26-29-32-35-38-43-40-39-42(37-34-31-28-25-21-18-15-12-9-6-3)41(43)36-33-30-27-24-20-17-14-11-8-5-2/h39-41H,4-38H2,1-3H3. The van der Waals surface area contributed by atoms with Crippen LogP contribution in [0.25, 0.3) is 0 Å². The van der Waals surface area contributed by atoms with Gasteiger partial charge in [-0.1, -0.05) is 207 Å². The van der Waals surface area contributed by atoms with Gasteiger partial charge in [-0.05, 0) is 25.7 Å². The Morgan fingerprint density at radius 2 is 0.535 bits per heavy atom. The van der Waals surface area contributed by atoms with E-state index in [1.807, 2.05) is 0 Å². The molecule has 256 valence electrons. The highest BCUT2D eigenvalue weighted by Crippen LogP contribution is 2.24. The lowest BCUT2D eigenvalue weighted by molar-refractivity contribution is 0.135. The molecule has 0 spiro atoms. The van der Waals surface area contributed by atoms with Crippen LogP contribution in [-0.4, -0.2) is 29.1 Å². The largest absolute Gasteiger partial charge is 0.356 e. The minimum atomic E-state index is 0.639. The zero-order chi connectivity index (χ0) is 30.9. The van der Waals surface area contributed by atoms with Gasteiger partial charge in [-0.2, -0.15) is 0 Å². The lowest BCUT2D eigenvalue weighted by Crippen LogP contribution is -2.39. The van der Waals surface area contributed by atoms with Crippen molar-refractivity contribution in [1.29, 1.82) is 0 Å². The van der Waals surface area contributed by atoms with Crippen LogP contribution in [0.2, 0.25) is 0 Å². The quantitative estimate of drug-likeness (QED) is 0.0666. The van der Waals surface area contributed by atoms with Crippen LogP contribution in [0, 0.1) is 0 Å². The molecule has 0 aromatic rings. The van der Waals surface area contributed by atoms with Crippen LogP contribution in [0.5, 0.6) is 0 Å². The fourth-order valence-corrected chi connectivity index (χ4v) is 7.07. The Morgan fingerprint density at radius 1 is 0.302 bits per heavy atom. The molecular formula is C41H82N2. The number of unbranched alkanes of at least 4 members (excludes halogenated alkanes) is 29. The molecule has 1 aliphatic heterocycles. The van der Waals surface area contributed by atoms with Crippen molar-refractivity contribution in [2.24, 2.45) is 0 Å². The highest BCUT2D eigenvalue weighted by Gasteiger charge is 2.24. The summed E-state index contributed by atoms with van der Waals surface area (Å²) in [5.41, 5.74) is 0. The summed E-state index contributed by atoms with van der Waals surface area (Å²) in [5, 5.41) is 0. The summed E-state index contributed by atoms with van der Waals surface area (Å²) in [6.45, 7) is 9.48. The SMILES string of the molecule is CCCCCCCCCCCCCCN1C=CN(CCCCCCCCCCCC)C1CCCCCCCCCCCC. The second kappa shape index (κ2) is 32.7. The monoisotopic (exact) mass is 603 g/mol. The first-order chi connectivity index (χ1) is 21.3. The first kappa shape index (κ1) is 40.4. The average Bonchev–Trinajstić information content (AvgIpc) is 3.40. The summed E-state index contributed by atoms with van der Waals surface area (Å²) < 4.78 is 0. The molecular weight excluding hydrogens is 520 g/mol. The third-order valence-corrected chi connectivity index (χ3v) is 10.1. The molecule has 0 fully saturated rings. The Hall–Kier alpha value is -0.660. The van der Waals surface area contributed by atoms with E-state index in [0.29, 0.717) is 6.17 Å². The Kier molecular flexibility index (Phi) is 30.7. The first-order valence-corrected chi connectivity index (χ1v) is 20.5. The van der Waals surface area contributed by atoms with E-state index in [1.54, 1.807) is 0 Å². The van der Waals surface area contributed by atoms with Crippen LogP contribution >= 0.6 is 0 Å². The third kappa shape index (κ3) is 25.2. The van der Waals surface area contributed by atoms with Gasteiger partial charge in [-0.15, -0.1) is 0 Å². The molecule has 0 aromatic heterocycles. The van der Waals surface area contributed by atoms with Crippen LogP contribution in [0.3, 0.4) is 0 Å². The molecule has 1 unspecified atom stereocenters. The van der Waals surface area contributed by atoms with Crippen LogP contribution in [0.1, 0.15) is 233 Å². The zero-order valence-corrected chi connectivity index (χ0v) is 30.4. The van der Waals surface area contributed by atoms with Crippen molar-refractivity contribution in [2.75, 3.05) is 13.1 Å². The van der Waals surface area contributed by atoms with E-state index in [2.05, 4.69) is 43.0 Å². The molecule has 0 aromatic carbocycles. The van der Waals surface area contributed by atoms with Crippen molar-refractivity contribution in [3.63, 3.8) is 0 Å². The maximum Gasteiger partial charge on any atom is 0.101 e. The summed E-state index contributed by atoms with van der Waals surface area (Å²) in [5.74, 6) is 0. The van der Waals surface area contributed by atoms with Gasteiger partial charge in [0, 0.05) is 25.5 Å². The smallest absolute Gasteiger partial charge is 0.101 e. The number of nitrogens with zero attached hydrogens (tertiary/aromatic N) is 2. The lowest BCUT2D eigenvalue weighted by atomic mass is 10.0. The van der Waals surface area contributed by atoms with Crippen molar-refractivity contribution in [3.05, 3.63) is 12.4 Å². The molecule has 0 saturated heterocycles. The molecule has 2 heteroatoms. The second-order valence-electron chi connectivity index (χ2n) is 14.3. The molecule has 43 heavy (non-hydrogen) atoms. The van der Waals surface area contributed by atoms with Crippen molar-refractivity contribution < 1.29 is 0 Å². The predicted octanol–water partition coefficient (Wildman–Crippen LogP) is 14.3. The van der Waals surface area contributed by atoms with Crippen molar-refractivity contribution in [2.45, 2.75) is 239 Å². The summed E-state index contributed by atoms with van der Waals surface area (Å²) in [6, 6.07) is 0. The predicted molar refractivity (Wildman–Crippen MR) is 196 cm³/mol. The van der Waals surface area contributed by atoms with E-state index in [-0.39, 0.29) is 0 Å². The summed E-state index contributed by atoms with van der Waals surface area (Å²) >= 11 is 0. The third-order valence-electron chi connectivity index (χ3n) is 10.1. The van der Waals surface area contributed by atoms with E-state index in [9.17, 15) is 0 Å². The van der Waals surface area contributed by atoms with Crippen LogP contribution in [-0.2, 0) is 0 Å². The minimum Gasteiger partial charge on any atom is -0.356 e. The number of hydrogen-bond donors (Lipinski definition) is 0. The zero-order valence-electron chi connectivity index (χ0n) is 30.4. The van der Waals surface area contributed by atoms with Gasteiger partial charge in [0.15, 0.2) is 0 Å².